The topological polar surface area (TPSA) is 78.7 Å². The summed E-state index contributed by atoms with van der Waals surface area (Å²) >= 11 is 5.99. The minimum atomic E-state index is -0.338. The van der Waals surface area contributed by atoms with Crippen LogP contribution in [0.15, 0.2) is 101 Å². The first kappa shape index (κ1) is 21.9. The van der Waals surface area contributed by atoms with Crippen molar-refractivity contribution in [3.8, 4) is 0 Å². The minimum absolute atomic E-state index is 0.338. The normalized spacial score (nSPS) is 11.5. The van der Waals surface area contributed by atoms with Crippen LogP contribution in [0.4, 0.5) is 5.69 Å². The molecular formula is C26H20ClN5O. The highest BCUT2D eigenvalue weighted by Crippen LogP contribution is 2.18. The number of carbonyl (C=O) groups is 1. The average molecular weight is 454 g/mol. The van der Waals surface area contributed by atoms with Crippen LogP contribution in [-0.2, 0) is 0 Å². The SMILES string of the molecule is O=C(N/N=C\C=C\c1ccccc1)c1cc(/C=N/Nc2cccc(Cl)c2)nc2ccccc12. The molecule has 4 rings (SSSR count). The predicted octanol–water partition coefficient (Wildman–Crippen LogP) is 5.76. The van der Waals surface area contributed by atoms with E-state index in [-0.39, 0.29) is 5.91 Å². The van der Waals surface area contributed by atoms with Gasteiger partial charge in [0.25, 0.3) is 5.91 Å². The van der Waals surface area contributed by atoms with Gasteiger partial charge in [-0.3, -0.25) is 10.2 Å². The van der Waals surface area contributed by atoms with Crippen LogP contribution in [0.5, 0.6) is 0 Å². The fourth-order valence-electron chi connectivity index (χ4n) is 3.10. The molecule has 0 saturated heterocycles. The summed E-state index contributed by atoms with van der Waals surface area (Å²) in [5, 5.41) is 9.56. The summed E-state index contributed by atoms with van der Waals surface area (Å²) in [5.41, 5.74) is 8.93. The first-order chi connectivity index (χ1) is 16.2. The molecule has 0 spiro atoms. The molecule has 0 fully saturated rings. The summed E-state index contributed by atoms with van der Waals surface area (Å²) in [5.74, 6) is -0.338. The van der Waals surface area contributed by atoms with Crippen LogP contribution in [-0.4, -0.2) is 23.3 Å². The van der Waals surface area contributed by atoms with Crippen LogP contribution in [0, 0.1) is 0 Å². The second kappa shape index (κ2) is 10.8. The maximum atomic E-state index is 12.8. The molecule has 33 heavy (non-hydrogen) atoms. The fraction of sp³-hybridized carbons (Fsp3) is 0. The number of hydrazone groups is 2. The molecule has 0 atom stereocenters. The number of hydrogen-bond acceptors (Lipinski definition) is 5. The van der Waals surface area contributed by atoms with Gasteiger partial charge in [-0.25, -0.2) is 10.4 Å². The molecule has 0 aliphatic carbocycles. The number of fused-ring (bicyclic) bond motifs is 1. The molecule has 2 N–H and O–H groups in total. The maximum absolute atomic E-state index is 12.8. The van der Waals surface area contributed by atoms with E-state index in [9.17, 15) is 4.79 Å². The molecule has 1 amide bonds. The van der Waals surface area contributed by atoms with E-state index in [2.05, 4.69) is 26.0 Å². The average Bonchev–Trinajstić information content (AvgIpc) is 2.84. The van der Waals surface area contributed by atoms with Gasteiger partial charge in [0.2, 0.25) is 0 Å². The molecule has 162 valence electrons. The lowest BCUT2D eigenvalue weighted by molar-refractivity contribution is 0.0956. The Bertz CT molecular complexity index is 1350. The van der Waals surface area contributed by atoms with Crippen molar-refractivity contribution in [3.05, 3.63) is 113 Å². The van der Waals surface area contributed by atoms with Crippen LogP contribution in [0.1, 0.15) is 21.6 Å². The van der Waals surface area contributed by atoms with Crippen molar-refractivity contribution in [1.29, 1.82) is 0 Å². The summed E-state index contributed by atoms with van der Waals surface area (Å²) in [6.45, 7) is 0. The van der Waals surface area contributed by atoms with Gasteiger partial charge >= 0.3 is 0 Å². The van der Waals surface area contributed by atoms with Crippen LogP contribution in [0.3, 0.4) is 0 Å². The summed E-state index contributed by atoms with van der Waals surface area (Å²) in [7, 11) is 0. The molecule has 0 bridgehead atoms. The Balaban J connectivity index is 1.49. The van der Waals surface area contributed by atoms with E-state index in [1.54, 1.807) is 30.5 Å². The molecule has 1 aromatic heterocycles. The van der Waals surface area contributed by atoms with Crippen molar-refractivity contribution in [1.82, 2.24) is 10.4 Å². The molecule has 0 aliphatic heterocycles. The third-order valence-corrected chi connectivity index (χ3v) is 4.85. The van der Waals surface area contributed by atoms with Gasteiger partial charge in [0.15, 0.2) is 0 Å². The van der Waals surface area contributed by atoms with E-state index in [4.69, 9.17) is 11.6 Å². The van der Waals surface area contributed by atoms with Crippen molar-refractivity contribution in [2.24, 2.45) is 10.2 Å². The number of benzene rings is 3. The smallest absolute Gasteiger partial charge is 0.272 e. The van der Waals surface area contributed by atoms with Gasteiger partial charge in [-0.1, -0.05) is 72.3 Å². The Morgan fingerprint density at radius 1 is 0.909 bits per heavy atom. The number of amides is 1. The number of hydrogen-bond donors (Lipinski definition) is 2. The van der Waals surface area contributed by atoms with Crippen LogP contribution >= 0.6 is 11.6 Å². The molecule has 7 heteroatoms. The van der Waals surface area contributed by atoms with Gasteiger partial charge in [-0.15, -0.1) is 0 Å². The van der Waals surface area contributed by atoms with E-state index in [0.29, 0.717) is 21.8 Å². The van der Waals surface area contributed by atoms with Crippen LogP contribution < -0.4 is 10.9 Å². The number of anilines is 1. The van der Waals surface area contributed by atoms with Gasteiger partial charge in [0, 0.05) is 16.6 Å². The zero-order valence-corrected chi connectivity index (χ0v) is 18.3. The highest BCUT2D eigenvalue weighted by atomic mass is 35.5. The van der Waals surface area contributed by atoms with E-state index in [1.165, 1.54) is 6.21 Å². The number of allylic oxidation sites excluding steroid dienone is 1. The van der Waals surface area contributed by atoms with Crippen LogP contribution in [0.2, 0.25) is 5.02 Å². The Morgan fingerprint density at radius 3 is 2.58 bits per heavy atom. The Labute approximate surface area is 196 Å². The largest absolute Gasteiger partial charge is 0.278 e. The van der Waals surface area contributed by atoms with Crippen molar-refractivity contribution < 1.29 is 4.79 Å². The lowest BCUT2D eigenvalue weighted by Crippen LogP contribution is -2.18. The zero-order valence-electron chi connectivity index (χ0n) is 17.5. The molecule has 6 nitrogen and oxygen atoms in total. The molecule has 0 aliphatic rings. The van der Waals surface area contributed by atoms with Gasteiger partial charge in [0.05, 0.1) is 28.7 Å². The van der Waals surface area contributed by atoms with E-state index in [1.807, 2.05) is 72.8 Å². The second-order valence-electron chi connectivity index (χ2n) is 6.98. The van der Waals surface area contributed by atoms with Crippen LogP contribution in [0.25, 0.3) is 17.0 Å². The van der Waals surface area contributed by atoms with E-state index >= 15 is 0 Å². The Hall–Kier alpha value is -4.29. The molecule has 4 aromatic rings. The Morgan fingerprint density at radius 2 is 1.73 bits per heavy atom. The minimum Gasteiger partial charge on any atom is -0.278 e. The first-order valence-corrected chi connectivity index (χ1v) is 10.6. The quantitative estimate of drug-likeness (QED) is 0.275. The maximum Gasteiger partial charge on any atom is 0.272 e. The van der Waals surface area contributed by atoms with Crippen molar-refractivity contribution in [2.45, 2.75) is 0 Å². The van der Waals surface area contributed by atoms with Gasteiger partial charge < -0.3 is 0 Å². The summed E-state index contributed by atoms with van der Waals surface area (Å²) in [6.07, 6.45) is 6.75. The number of rotatable bonds is 7. The lowest BCUT2D eigenvalue weighted by Gasteiger charge is -2.06. The fourth-order valence-corrected chi connectivity index (χ4v) is 3.29. The number of halogens is 1. The highest BCUT2D eigenvalue weighted by Gasteiger charge is 2.11. The summed E-state index contributed by atoms with van der Waals surface area (Å²) < 4.78 is 0. The monoisotopic (exact) mass is 453 g/mol. The second-order valence-corrected chi connectivity index (χ2v) is 7.42. The first-order valence-electron chi connectivity index (χ1n) is 10.2. The molecule has 3 aromatic carbocycles. The number of pyridine rings is 1. The molecule has 1 heterocycles. The molecule has 0 unspecified atom stereocenters. The summed E-state index contributed by atoms with van der Waals surface area (Å²) in [4.78, 5) is 17.4. The lowest BCUT2D eigenvalue weighted by atomic mass is 10.1. The van der Waals surface area contributed by atoms with Gasteiger partial charge in [0.1, 0.15) is 0 Å². The van der Waals surface area contributed by atoms with Gasteiger partial charge in [-0.05, 0) is 42.0 Å². The Kier molecular flexibility index (Phi) is 7.20. The number of aromatic nitrogens is 1. The molecule has 0 saturated carbocycles. The predicted molar refractivity (Wildman–Crippen MR) is 136 cm³/mol. The number of nitrogens with zero attached hydrogens (tertiary/aromatic N) is 3. The third-order valence-electron chi connectivity index (χ3n) is 4.61. The molecular weight excluding hydrogens is 434 g/mol. The van der Waals surface area contributed by atoms with E-state index in [0.717, 1.165) is 16.6 Å². The van der Waals surface area contributed by atoms with Crippen molar-refractivity contribution >= 4 is 52.6 Å². The van der Waals surface area contributed by atoms with Crippen molar-refractivity contribution in [3.63, 3.8) is 0 Å². The third kappa shape index (κ3) is 6.12. The standard InChI is InChI=1S/C26H20ClN5O/c27-20-11-6-12-21(16-20)31-29-18-22-17-24(23-13-4-5-14-25(23)30-22)26(33)32-28-15-7-10-19-8-2-1-3-9-19/h1-18,31H,(H,32,33)/b10-7+,28-15-,29-18+. The number of nitrogens with one attached hydrogen (secondary N) is 2. The van der Waals surface area contributed by atoms with Crippen molar-refractivity contribution in [2.75, 3.05) is 5.43 Å². The highest BCUT2D eigenvalue weighted by molar-refractivity contribution is 6.30. The molecule has 0 radical (unpaired) electrons. The summed E-state index contributed by atoms with van der Waals surface area (Å²) in [6, 6.07) is 26.2. The van der Waals surface area contributed by atoms with E-state index < -0.39 is 0 Å². The zero-order chi connectivity index (χ0) is 22.9. The van der Waals surface area contributed by atoms with Gasteiger partial charge in [-0.2, -0.15) is 10.2 Å². The number of para-hydroxylation sites is 1. The number of carbonyl (C=O) groups excluding carboxylic acids is 1.